The minimum Gasteiger partial charge on any atom is -0.399 e. The maximum absolute atomic E-state index is 5.83. The van der Waals surface area contributed by atoms with E-state index in [9.17, 15) is 0 Å². The monoisotopic (exact) mass is 399 g/mol. The van der Waals surface area contributed by atoms with Gasteiger partial charge in [0.1, 0.15) is 0 Å². The van der Waals surface area contributed by atoms with Crippen molar-refractivity contribution >= 4 is 22.0 Å². The molecule has 3 aromatic carbocycles. The van der Waals surface area contributed by atoms with Gasteiger partial charge in [0.25, 0.3) is 0 Å². The summed E-state index contributed by atoms with van der Waals surface area (Å²) in [4.78, 5) is 0. The summed E-state index contributed by atoms with van der Waals surface area (Å²) in [5.74, 6) is 0.764. The lowest BCUT2D eigenvalue weighted by molar-refractivity contribution is 0.642. The molecule has 1 aliphatic rings. The summed E-state index contributed by atoms with van der Waals surface area (Å²) in [6.45, 7) is 16.4. The van der Waals surface area contributed by atoms with E-state index in [0.717, 1.165) is 11.5 Å². The summed E-state index contributed by atoms with van der Waals surface area (Å²) >= 11 is 0. The predicted molar refractivity (Wildman–Crippen MR) is 136 cm³/mol. The van der Waals surface area contributed by atoms with Gasteiger partial charge >= 0.3 is 0 Å². The van der Waals surface area contributed by atoms with Crippen LogP contribution in [0.4, 0.5) is 0 Å². The topological polar surface area (TPSA) is 26.0 Å². The smallest absolute Gasteiger partial charge is 0.0314 e. The van der Waals surface area contributed by atoms with Crippen LogP contribution in [0.15, 0.2) is 67.3 Å². The molecule has 30 heavy (non-hydrogen) atoms. The number of hydrogen-bond acceptors (Lipinski definition) is 1. The second kappa shape index (κ2) is 10.8. The van der Waals surface area contributed by atoms with Gasteiger partial charge in [-0.25, -0.2) is 0 Å². The molecule has 0 amide bonds. The maximum atomic E-state index is 5.83. The zero-order valence-corrected chi connectivity index (χ0v) is 19.5. The summed E-state index contributed by atoms with van der Waals surface area (Å²) in [6, 6.07) is 19.7. The Kier molecular flexibility index (Phi) is 8.47. The highest BCUT2D eigenvalue weighted by molar-refractivity contribution is 5.90. The quantitative estimate of drug-likeness (QED) is 0.468. The Bertz CT molecular complexity index is 1040. The zero-order chi connectivity index (χ0) is 22.3. The molecule has 0 saturated carbocycles. The van der Waals surface area contributed by atoms with E-state index in [-0.39, 0.29) is 0 Å². The van der Waals surface area contributed by atoms with E-state index >= 15 is 0 Å². The number of nitrogens with two attached hydrogens (primary N) is 1. The third kappa shape index (κ3) is 5.21. The molecular formula is C29H37N. The fourth-order valence-corrected chi connectivity index (χ4v) is 3.88. The lowest BCUT2D eigenvalue weighted by Gasteiger charge is -2.12. The van der Waals surface area contributed by atoms with Crippen LogP contribution in [-0.2, 0) is 0 Å². The molecule has 0 radical (unpaired) electrons. The second-order valence-electron chi connectivity index (χ2n) is 7.61. The van der Waals surface area contributed by atoms with E-state index < -0.39 is 0 Å². The first-order valence-corrected chi connectivity index (χ1v) is 11.3. The van der Waals surface area contributed by atoms with Crippen LogP contribution in [0.1, 0.15) is 64.2 Å². The molecule has 1 heteroatoms. The molecule has 1 nitrogen and oxygen atoms in total. The third-order valence-electron chi connectivity index (χ3n) is 5.46. The van der Waals surface area contributed by atoms with E-state index in [4.69, 9.17) is 5.73 Å². The lowest BCUT2D eigenvalue weighted by atomic mass is 9.93. The molecule has 0 bridgehead atoms. The van der Waals surface area contributed by atoms with Crippen molar-refractivity contribution in [2.75, 3.05) is 0 Å². The van der Waals surface area contributed by atoms with Crippen molar-refractivity contribution in [3.63, 3.8) is 0 Å². The van der Waals surface area contributed by atoms with Crippen LogP contribution in [0.5, 0.6) is 0 Å². The summed E-state index contributed by atoms with van der Waals surface area (Å²) in [6.07, 6.45) is 4.80. The van der Waals surface area contributed by atoms with Gasteiger partial charge in [-0.15, -0.1) is 0 Å². The number of fused-ring (bicyclic) bond motifs is 1. The van der Waals surface area contributed by atoms with Crippen LogP contribution in [-0.4, -0.2) is 0 Å². The molecule has 2 N–H and O–H groups in total. The summed E-state index contributed by atoms with van der Waals surface area (Å²) in [5.41, 5.74) is 14.2. The molecule has 1 atom stereocenters. The normalized spacial score (nSPS) is 14.9. The van der Waals surface area contributed by atoms with Crippen LogP contribution in [0, 0.1) is 12.8 Å². The highest BCUT2D eigenvalue weighted by atomic mass is 14.6. The minimum atomic E-state index is 0.609. The minimum absolute atomic E-state index is 0.609. The third-order valence-corrected chi connectivity index (χ3v) is 5.46. The zero-order valence-electron chi connectivity index (χ0n) is 19.5. The fraction of sp³-hybridized carbons (Fsp3) is 0.310. The van der Waals surface area contributed by atoms with Crippen LogP contribution in [0.2, 0.25) is 0 Å². The van der Waals surface area contributed by atoms with E-state index in [1.807, 2.05) is 33.8 Å². The van der Waals surface area contributed by atoms with Gasteiger partial charge in [-0.1, -0.05) is 83.7 Å². The van der Waals surface area contributed by atoms with Gasteiger partial charge < -0.3 is 5.73 Å². The molecule has 3 aromatic rings. The summed E-state index contributed by atoms with van der Waals surface area (Å²) in [7, 11) is 0. The van der Waals surface area contributed by atoms with Gasteiger partial charge in [-0.3, -0.25) is 0 Å². The number of rotatable bonds is 3. The number of allylic oxidation sites excluding steroid dienone is 2. The standard InChI is InChI=1S/C25H25N.2C2H6/c1-16-4-6-24(12-16)25-15-23(7-5-17(25)2)22-11-10-20-13-19(18(3)26)8-9-21(20)14-22;2*1-2/h5-11,13-16H,3-4,12,26H2,1-2H3;2*1-2H3. The van der Waals surface area contributed by atoms with E-state index in [1.54, 1.807) is 0 Å². The lowest BCUT2D eigenvalue weighted by Crippen LogP contribution is -1.93. The van der Waals surface area contributed by atoms with E-state index in [1.165, 1.54) is 51.4 Å². The Morgan fingerprint density at radius 3 is 2.10 bits per heavy atom. The van der Waals surface area contributed by atoms with Gasteiger partial charge in [0.05, 0.1) is 0 Å². The Morgan fingerprint density at radius 1 is 0.867 bits per heavy atom. The van der Waals surface area contributed by atoms with Crippen molar-refractivity contribution < 1.29 is 0 Å². The van der Waals surface area contributed by atoms with Gasteiger partial charge in [0, 0.05) is 5.70 Å². The molecule has 0 fully saturated rings. The van der Waals surface area contributed by atoms with Crippen molar-refractivity contribution in [1.82, 2.24) is 0 Å². The first-order chi connectivity index (χ1) is 14.5. The van der Waals surface area contributed by atoms with Gasteiger partial charge in [-0.2, -0.15) is 0 Å². The molecule has 0 saturated heterocycles. The molecule has 0 spiro atoms. The van der Waals surface area contributed by atoms with Crippen LogP contribution >= 0.6 is 0 Å². The molecule has 0 aliphatic heterocycles. The molecule has 4 rings (SSSR count). The number of benzene rings is 3. The largest absolute Gasteiger partial charge is 0.399 e. The van der Waals surface area contributed by atoms with Crippen LogP contribution in [0.3, 0.4) is 0 Å². The van der Waals surface area contributed by atoms with Crippen molar-refractivity contribution in [3.8, 4) is 11.1 Å². The van der Waals surface area contributed by atoms with Crippen LogP contribution < -0.4 is 5.73 Å². The molecular weight excluding hydrogens is 362 g/mol. The molecule has 0 aromatic heterocycles. The van der Waals surface area contributed by atoms with Crippen molar-refractivity contribution in [2.24, 2.45) is 11.7 Å². The highest BCUT2D eigenvalue weighted by Gasteiger charge is 2.16. The first kappa shape index (κ1) is 23.5. The molecule has 0 heterocycles. The first-order valence-electron chi connectivity index (χ1n) is 11.3. The van der Waals surface area contributed by atoms with Crippen LogP contribution in [0.25, 0.3) is 33.2 Å². The highest BCUT2D eigenvalue weighted by Crippen LogP contribution is 2.36. The van der Waals surface area contributed by atoms with Gasteiger partial charge in [0.15, 0.2) is 0 Å². The van der Waals surface area contributed by atoms with Crippen molar-refractivity contribution in [1.29, 1.82) is 0 Å². The average Bonchev–Trinajstić information content (AvgIpc) is 3.22. The molecule has 158 valence electrons. The second-order valence-corrected chi connectivity index (χ2v) is 7.61. The number of hydrogen-bond donors (Lipinski definition) is 1. The van der Waals surface area contributed by atoms with E-state index in [0.29, 0.717) is 5.70 Å². The summed E-state index contributed by atoms with van der Waals surface area (Å²) < 4.78 is 0. The summed E-state index contributed by atoms with van der Waals surface area (Å²) in [5, 5.41) is 2.42. The fourth-order valence-electron chi connectivity index (χ4n) is 3.88. The predicted octanol–water partition coefficient (Wildman–Crippen LogP) is 8.61. The van der Waals surface area contributed by atoms with Crippen molar-refractivity contribution in [2.45, 2.75) is 54.4 Å². The van der Waals surface area contributed by atoms with E-state index in [2.05, 4.69) is 75.0 Å². The Balaban J connectivity index is 0.000000757. The Morgan fingerprint density at radius 2 is 1.47 bits per heavy atom. The SMILES string of the molecule is C=C(N)c1ccc2cc(-c3ccc(C)c(C4=CCC(C)C4)c3)ccc2c1.CC.CC. The van der Waals surface area contributed by atoms with Gasteiger partial charge in [0.2, 0.25) is 0 Å². The van der Waals surface area contributed by atoms with Crippen molar-refractivity contribution in [3.05, 3.63) is 83.9 Å². The number of aryl methyl sites for hydroxylation is 1. The average molecular weight is 400 g/mol. The molecule has 1 aliphatic carbocycles. The van der Waals surface area contributed by atoms with Gasteiger partial charge in [-0.05, 0) is 88.0 Å². The molecule has 1 unspecified atom stereocenters. The maximum Gasteiger partial charge on any atom is 0.0314 e. The Hall–Kier alpha value is -2.80. The Labute approximate surface area is 183 Å².